The smallest absolute Gasteiger partial charge is 0.459 e. The number of carbonyl (C=O) groups excluding carboxylic acids is 1. The maximum absolute atomic E-state index is 15.4. The van der Waals surface area contributed by atoms with Gasteiger partial charge in [0.25, 0.3) is 0 Å². The number of halogens is 1. The third-order valence-electron chi connectivity index (χ3n) is 5.45. The Bertz CT molecular complexity index is 1150. The molecule has 2 aliphatic heterocycles. The lowest BCUT2D eigenvalue weighted by molar-refractivity contribution is -0.139. The molecule has 0 amide bonds. The van der Waals surface area contributed by atoms with E-state index < -0.39 is 56.2 Å². The monoisotopic (exact) mass is 498 g/mol. The van der Waals surface area contributed by atoms with Crippen molar-refractivity contribution in [1.82, 2.24) is 14.6 Å². The number of aliphatic hydroxyl groups excluding tert-OH is 1. The minimum absolute atomic E-state index is 0.0595. The van der Waals surface area contributed by atoms with Crippen molar-refractivity contribution < 1.29 is 37.4 Å². The molecule has 12 nitrogen and oxygen atoms in total. The SMILES string of the molecule is C[C@@]1(F)[C@H](O)[C@@H](CO[P@@](=O)(NC2CCOC2=O)Oc2ccccc2)O[C@H]1n1ccc(N)nc1=O. The summed E-state index contributed by atoms with van der Waals surface area (Å²) in [4.78, 5) is 27.6. The number of benzene rings is 1. The normalized spacial score (nSPS) is 30.6. The van der Waals surface area contributed by atoms with Crippen LogP contribution in [0.2, 0.25) is 0 Å². The Morgan fingerprint density at radius 2 is 2.09 bits per heavy atom. The van der Waals surface area contributed by atoms with E-state index in [1.807, 2.05) is 0 Å². The number of hydrogen-bond donors (Lipinski definition) is 3. The highest BCUT2D eigenvalue weighted by Crippen LogP contribution is 2.48. The van der Waals surface area contributed by atoms with Crippen molar-refractivity contribution in [1.29, 1.82) is 0 Å². The summed E-state index contributed by atoms with van der Waals surface area (Å²) < 4.78 is 51.1. The number of aromatic nitrogens is 2. The number of aliphatic hydroxyl groups is 1. The van der Waals surface area contributed by atoms with E-state index >= 15 is 4.39 Å². The topological polar surface area (TPSA) is 164 Å². The molecule has 0 bridgehead atoms. The number of para-hydroxylation sites is 1. The molecule has 2 aromatic rings. The number of hydrogen-bond acceptors (Lipinski definition) is 10. The minimum atomic E-state index is -4.22. The van der Waals surface area contributed by atoms with Crippen LogP contribution in [0.1, 0.15) is 19.6 Å². The summed E-state index contributed by atoms with van der Waals surface area (Å²) in [6.07, 6.45) is -3.22. The molecule has 2 saturated heterocycles. The van der Waals surface area contributed by atoms with Gasteiger partial charge in [-0.05, 0) is 25.1 Å². The lowest BCUT2D eigenvalue weighted by Crippen LogP contribution is -2.43. The molecule has 4 rings (SSSR count). The number of esters is 1. The van der Waals surface area contributed by atoms with Crippen molar-refractivity contribution >= 4 is 19.5 Å². The second-order valence-electron chi connectivity index (χ2n) is 8.00. The molecule has 1 aromatic heterocycles. The van der Waals surface area contributed by atoms with Crippen molar-refractivity contribution in [2.45, 2.75) is 43.5 Å². The van der Waals surface area contributed by atoms with Crippen LogP contribution in [0, 0.1) is 0 Å². The highest BCUT2D eigenvalue weighted by atomic mass is 31.2. The minimum Gasteiger partial charge on any atom is -0.464 e. The van der Waals surface area contributed by atoms with Gasteiger partial charge < -0.3 is 24.8 Å². The molecule has 2 aliphatic rings. The molecule has 6 atom stereocenters. The number of carbonyl (C=O) groups is 1. The van der Waals surface area contributed by atoms with Gasteiger partial charge in [-0.2, -0.15) is 10.1 Å². The zero-order chi connectivity index (χ0) is 24.5. The van der Waals surface area contributed by atoms with E-state index in [4.69, 9.17) is 24.3 Å². The van der Waals surface area contributed by atoms with Crippen molar-refractivity contribution in [2.24, 2.45) is 0 Å². The van der Waals surface area contributed by atoms with Crippen molar-refractivity contribution in [2.75, 3.05) is 18.9 Å². The predicted molar refractivity (Wildman–Crippen MR) is 115 cm³/mol. The van der Waals surface area contributed by atoms with E-state index in [2.05, 4.69) is 10.1 Å². The molecule has 1 aromatic carbocycles. The van der Waals surface area contributed by atoms with E-state index in [0.29, 0.717) is 0 Å². The Morgan fingerprint density at radius 3 is 2.74 bits per heavy atom. The summed E-state index contributed by atoms with van der Waals surface area (Å²) in [5.41, 5.74) is 2.17. The standard InChI is InChI=1S/C20H24FN4O8P/c1-20(21)16(26)14(32-18(20)25-9-7-15(22)23-19(25)28)11-31-34(29,24-13-8-10-30-17(13)27)33-12-5-3-2-4-6-12/h2-7,9,13-14,16,18,26H,8,10-11H2,1H3,(H,24,29)(H2,22,23,28)/t13?,14-,16-,18-,20-,34+/m1/s1. The van der Waals surface area contributed by atoms with Crippen LogP contribution in [0.25, 0.3) is 0 Å². The van der Waals surface area contributed by atoms with Gasteiger partial charge in [0, 0.05) is 12.6 Å². The average Bonchev–Trinajstić information content (AvgIpc) is 3.28. The first-order valence-electron chi connectivity index (χ1n) is 10.4. The number of nitrogens with zero attached hydrogens (tertiary/aromatic N) is 2. The second kappa shape index (κ2) is 9.43. The largest absolute Gasteiger partial charge is 0.464 e. The van der Waals surface area contributed by atoms with Crippen LogP contribution in [0.5, 0.6) is 5.75 Å². The number of anilines is 1. The van der Waals surface area contributed by atoms with Gasteiger partial charge in [-0.25, -0.2) is 13.8 Å². The predicted octanol–water partition coefficient (Wildman–Crippen LogP) is 0.921. The molecule has 184 valence electrons. The van der Waals surface area contributed by atoms with Crippen molar-refractivity contribution in [3.05, 3.63) is 53.1 Å². The van der Waals surface area contributed by atoms with Crippen LogP contribution < -0.4 is 21.0 Å². The first-order chi connectivity index (χ1) is 16.1. The van der Waals surface area contributed by atoms with Gasteiger partial charge in [0.15, 0.2) is 11.9 Å². The van der Waals surface area contributed by atoms with E-state index in [1.165, 1.54) is 24.4 Å². The number of alkyl halides is 1. The lowest BCUT2D eigenvalue weighted by Gasteiger charge is -2.25. The molecule has 0 aliphatic carbocycles. The molecule has 2 fully saturated rings. The van der Waals surface area contributed by atoms with Crippen LogP contribution in [0.15, 0.2) is 47.4 Å². The number of nitrogen functional groups attached to an aromatic ring is 1. The zero-order valence-corrected chi connectivity index (χ0v) is 19.0. The van der Waals surface area contributed by atoms with Gasteiger partial charge in [-0.15, -0.1) is 0 Å². The molecule has 1 unspecified atom stereocenters. The highest BCUT2D eigenvalue weighted by Gasteiger charge is 2.56. The molecule has 4 N–H and O–H groups in total. The molecule has 0 radical (unpaired) electrons. The van der Waals surface area contributed by atoms with Crippen molar-refractivity contribution in [3.63, 3.8) is 0 Å². The Kier molecular flexibility index (Phi) is 6.74. The van der Waals surface area contributed by atoms with Gasteiger partial charge in [-0.1, -0.05) is 18.2 Å². The Balaban J connectivity index is 1.52. The summed E-state index contributed by atoms with van der Waals surface area (Å²) in [5, 5.41) is 13.1. The fourth-order valence-electron chi connectivity index (χ4n) is 3.64. The number of ether oxygens (including phenoxy) is 2. The first kappa shape index (κ1) is 24.3. The fraction of sp³-hybridized carbons (Fsp3) is 0.450. The summed E-state index contributed by atoms with van der Waals surface area (Å²) in [5.74, 6) is -0.495. The number of rotatable bonds is 8. The van der Waals surface area contributed by atoms with Crippen LogP contribution in [-0.2, 0) is 23.4 Å². The lowest BCUT2D eigenvalue weighted by atomic mass is 9.98. The number of nitrogens with two attached hydrogens (primary N) is 1. The molecule has 14 heteroatoms. The summed E-state index contributed by atoms with van der Waals surface area (Å²) in [6.45, 7) is 0.601. The Morgan fingerprint density at radius 1 is 1.35 bits per heavy atom. The number of nitrogens with one attached hydrogen (secondary N) is 1. The fourth-order valence-corrected chi connectivity index (χ4v) is 5.18. The summed E-state index contributed by atoms with van der Waals surface area (Å²) in [6, 6.07) is 8.41. The maximum Gasteiger partial charge on any atom is 0.459 e. The zero-order valence-electron chi connectivity index (χ0n) is 18.1. The van der Waals surface area contributed by atoms with Crippen LogP contribution >= 0.6 is 7.75 Å². The third-order valence-corrected chi connectivity index (χ3v) is 7.02. The molecule has 0 saturated carbocycles. The van der Waals surface area contributed by atoms with Gasteiger partial charge in [0.2, 0.25) is 0 Å². The third kappa shape index (κ3) is 4.98. The van der Waals surface area contributed by atoms with Crippen molar-refractivity contribution in [3.8, 4) is 5.75 Å². The van der Waals surface area contributed by atoms with Crippen LogP contribution in [0.4, 0.5) is 10.2 Å². The van der Waals surface area contributed by atoms with Crippen LogP contribution in [0.3, 0.4) is 0 Å². The first-order valence-corrected chi connectivity index (χ1v) is 11.9. The number of cyclic esters (lactones) is 1. The van der Waals surface area contributed by atoms with Crippen LogP contribution in [-0.4, -0.2) is 57.8 Å². The van der Waals surface area contributed by atoms with Gasteiger partial charge in [0.1, 0.15) is 29.8 Å². The van der Waals surface area contributed by atoms with Gasteiger partial charge >= 0.3 is 19.4 Å². The molecule has 0 spiro atoms. The van der Waals surface area contributed by atoms with E-state index in [-0.39, 0.29) is 24.6 Å². The molecular formula is C20H24FN4O8P. The quantitative estimate of drug-likeness (QED) is 0.350. The average molecular weight is 498 g/mol. The van der Waals surface area contributed by atoms with Gasteiger partial charge in [-0.3, -0.25) is 13.9 Å². The second-order valence-corrected chi connectivity index (χ2v) is 9.69. The molecular weight excluding hydrogens is 474 g/mol. The summed E-state index contributed by atoms with van der Waals surface area (Å²) in [7, 11) is -4.22. The highest BCUT2D eigenvalue weighted by molar-refractivity contribution is 7.52. The van der Waals surface area contributed by atoms with E-state index in [0.717, 1.165) is 11.5 Å². The van der Waals surface area contributed by atoms with Gasteiger partial charge in [0.05, 0.1) is 13.2 Å². The Labute approximate surface area is 193 Å². The van der Waals surface area contributed by atoms with E-state index in [9.17, 15) is 19.3 Å². The summed E-state index contributed by atoms with van der Waals surface area (Å²) >= 11 is 0. The Hall–Kier alpha value is -2.83. The molecule has 34 heavy (non-hydrogen) atoms. The maximum atomic E-state index is 15.4. The molecule has 3 heterocycles. The van der Waals surface area contributed by atoms with E-state index in [1.54, 1.807) is 18.2 Å².